The molecular formula is C8H18N2. The van der Waals surface area contributed by atoms with E-state index in [4.69, 9.17) is 0 Å². The Morgan fingerprint density at radius 3 is 2.60 bits per heavy atom. The molecule has 0 atom stereocenters. The van der Waals surface area contributed by atoms with Crippen molar-refractivity contribution in [3.8, 4) is 0 Å². The van der Waals surface area contributed by atoms with Crippen LogP contribution in [0.3, 0.4) is 0 Å². The van der Waals surface area contributed by atoms with Gasteiger partial charge >= 0.3 is 0 Å². The van der Waals surface area contributed by atoms with E-state index in [0.717, 1.165) is 5.92 Å². The normalized spacial score (nSPS) is 34.2. The van der Waals surface area contributed by atoms with Gasteiger partial charge in [0.15, 0.2) is 0 Å². The quantitative estimate of drug-likeness (QED) is 0.487. The van der Waals surface area contributed by atoms with E-state index in [-0.39, 0.29) is 0 Å². The smallest absolute Gasteiger partial charge is 0.0533 e. The van der Waals surface area contributed by atoms with E-state index in [1.165, 1.54) is 37.4 Å². The van der Waals surface area contributed by atoms with Crippen LogP contribution >= 0.6 is 0 Å². The van der Waals surface area contributed by atoms with Gasteiger partial charge in [-0.15, -0.1) is 0 Å². The molecule has 60 valence electrons. The number of likely N-dealkylation sites (tertiary alicyclic amines) is 1. The molecule has 0 radical (unpaired) electrons. The summed E-state index contributed by atoms with van der Waals surface area (Å²) < 4.78 is 0. The molecule has 1 heterocycles. The molecule has 1 fully saturated rings. The van der Waals surface area contributed by atoms with Crippen molar-refractivity contribution >= 4 is 0 Å². The lowest BCUT2D eigenvalue weighted by Crippen LogP contribution is -3.08. The highest BCUT2D eigenvalue weighted by Crippen LogP contribution is 2.06. The van der Waals surface area contributed by atoms with Crippen LogP contribution in [0, 0.1) is 13.0 Å². The predicted octanol–water partition coefficient (Wildman–Crippen LogP) is -0.708. The van der Waals surface area contributed by atoms with E-state index < -0.39 is 0 Å². The minimum absolute atomic E-state index is 0.912. The molecular weight excluding hydrogens is 124 g/mol. The third kappa shape index (κ3) is 2.27. The second-order valence-corrected chi connectivity index (χ2v) is 3.25. The summed E-state index contributed by atoms with van der Waals surface area (Å²) in [6.45, 7) is 3.70. The molecule has 2 nitrogen and oxygen atoms in total. The fraction of sp³-hybridized carbons (Fsp3) is 0.875. The molecule has 0 aromatic heterocycles. The maximum atomic E-state index is 3.99. The van der Waals surface area contributed by atoms with Crippen LogP contribution in [0.4, 0.5) is 0 Å². The number of hydrogen-bond donors (Lipinski definition) is 2. The summed E-state index contributed by atoms with van der Waals surface area (Å²) in [5, 5.41) is 3.22. The van der Waals surface area contributed by atoms with Gasteiger partial charge in [-0.25, -0.2) is 0 Å². The van der Waals surface area contributed by atoms with E-state index >= 15 is 0 Å². The molecule has 1 saturated heterocycles. The molecule has 10 heavy (non-hydrogen) atoms. The largest absolute Gasteiger partial charge is 0.468 e. The van der Waals surface area contributed by atoms with Crippen LogP contribution in [0.25, 0.3) is 0 Å². The minimum atomic E-state index is 0.912. The van der Waals surface area contributed by atoms with E-state index in [1.807, 2.05) is 7.05 Å². The van der Waals surface area contributed by atoms with Crippen LogP contribution in [0.2, 0.25) is 0 Å². The maximum Gasteiger partial charge on any atom is 0.0533 e. The summed E-state index contributed by atoms with van der Waals surface area (Å²) in [7, 11) is 6.02. The van der Waals surface area contributed by atoms with Gasteiger partial charge in [0.05, 0.1) is 13.1 Å². The Morgan fingerprint density at radius 2 is 2.10 bits per heavy atom. The summed E-state index contributed by atoms with van der Waals surface area (Å²) in [6.07, 6.45) is 2.69. The van der Waals surface area contributed by atoms with Gasteiger partial charge in [-0.1, -0.05) is 0 Å². The van der Waals surface area contributed by atoms with Crippen LogP contribution in [0.1, 0.15) is 12.8 Å². The lowest BCUT2D eigenvalue weighted by Gasteiger charge is -2.30. The molecule has 1 aliphatic heterocycles. The Hall–Kier alpha value is -0.0800. The van der Waals surface area contributed by atoms with Crippen molar-refractivity contribution in [2.24, 2.45) is 5.92 Å². The van der Waals surface area contributed by atoms with Gasteiger partial charge in [-0.3, -0.25) is 0 Å². The van der Waals surface area contributed by atoms with Crippen LogP contribution in [-0.2, 0) is 0 Å². The van der Waals surface area contributed by atoms with Crippen LogP contribution < -0.4 is 10.2 Å². The molecule has 0 amide bonds. The highest BCUT2D eigenvalue weighted by molar-refractivity contribution is 4.63. The molecule has 0 aliphatic carbocycles. The Balaban J connectivity index is 2.13. The second kappa shape index (κ2) is 3.94. The number of nitrogens with one attached hydrogen (secondary N) is 2. The molecule has 0 aromatic rings. The summed E-state index contributed by atoms with van der Waals surface area (Å²) >= 11 is 0. The van der Waals surface area contributed by atoms with Crippen molar-refractivity contribution in [3.63, 3.8) is 0 Å². The van der Waals surface area contributed by atoms with Crippen molar-refractivity contribution in [2.75, 3.05) is 26.7 Å². The topological polar surface area (TPSA) is 16.5 Å². The number of piperidine rings is 1. The van der Waals surface area contributed by atoms with Crippen molar-refractivity contribution in [1.82, 2.24) is 5.32 Å². The molecule has 1 aliphatic rings. The molecule has 0 spiro atoms. The van der Waals surface area contributed by atoms with E-state index in [2.05, 4.69) is 12.4 Å². The first kappa shape index (κ1) is 8.02. The van der Waals surface area contributed by atoms with E-state index in [9.17, 15) is 0 Å². The highest BCUT2D eigenvalue weighted by atomic mass is 15.1. The first-order chi connectivity index (χ1) is 4.83. The third-order valence-corrected chi connectivity index (χ3v) is 2.31. The highest BCUT2D eigenvalue weighted by Gasteiger charge is 2.15. The van der Waals surface area contributed by atoms with Gasteiger partial charge in [0.1, 0.15) is 0 Å². The molecule has 0 unspecified atom stereocenters. The Bertz CT molecular complexity index is 85.3. The Labute approximate surface area is 63.6 Å². The average molecular weight is 142 g/mol. The summed E-state index contributed by atoms with van der Waals surface area (Å²) in [5.74, 6) is 0.912. The molecule has 2 heteroatoms. The van der Waals surface area contributed by atoms with Crippen LogP contribution in [0.5, 0.6) is 0 Å². The first-order valence-electron chi connectivity index (χ1n) is 4.14. The van der Waals surface area contributed by atoms with E-state index in [1.54, 1.807) is 0 Å². The van der Waals surface area contributed by atoms with Gasteiger partial charge in [-0.2, -0.15) is 7.05 Å². The third-order valence-electron chi connectivity index (χ3n) is 2.31. The van der Waals surface area contributed by atoms with Crippen LogP contribution in [-0.4, -0.2) is 26.7 Å². The summed E-state index contributed by atoms with van der Waals surface area (Å²) in [5.41, 5.74) is 0. The molecule has 0 aromatic carbocycles. The molecule has 0 saturated carbocycles. The summed E-state index contributed by atoms with van der Waals surface area (Å²) in [4.78, 5) is 1.45. The minimum Gasteiger partial charge on any atom is -0.468 e. The van der Waals surface area contributed by atoms with Gasteiger partial charge < -0.3 is 10.2 Å². The van der Waals surface area contributed by atoms with Gasteiger partial charge in [0.2, 0.25) is 0 Å². The molecule has 1 rings (SSSR count). The van der Waals surface area contributed by atoms with Gasteiger partial charge in [0, 0.05) is 0 Å². The fourth-order valence-electron chi connectivity index (χ4n) is 1.58. The van der Waals surface area contributed by atoms with Gasteiger partial charge in [0.25, 0.3) is 0 Å². The SMILES string of the molecule is [CH2-][NH+]1CCC(CNC)CC1. The molecule has 0 bridgehead atoms. The Morgan fingerprint density at radius 1 is 1.50 bits per heavy atom. The fourth-order valence-corrected chi connectivity index (χ4v) is 1.58. The average Bonchev–Trinajstić information content (AvgIpc) is 1.95. The number of hydrogen-bond acceptors (Lipinski definition) is 1. The van der Waals surface area contributed by atoms with Gasteiger partial charge in [-0.05, 0) is 32.4 Å². The summed E-state index contributed by atoms with van der Waals surface area (Å²) in [6, 6.07) is 0. The van der Waals surface area contributed by atoms with E-state index in [0.29, 0.717) is 0 Å². The second-order valence-electron chi connectivity index (χ2n) is 3.25. The maximum absolute atomic E-state index is 3.99. The zero-order chi connectivity index (χ0) is 7.40. The predicted molar refractivity (Wildman–Crippen MR) is 42.7 cm³/mol. The van der Waals surface area contributed by atoms with Crippen LogP contribution in [0.15, 0.2) is 0 Å². The molecule has 2 N–H and O–H groups in total. The lowest BCUT2D eigenvalue weighted by molar-refractivity contribution is -0.860. The standard InChI is InChI=1S/C8H18N2/c1-9-7-8-3-5-10(2)6-4-8/h8-10H,2-7H2,1H3. The first-order valence-corrected chi connectivity index (χ1v) is 4.14. The monoisotopic (exact) mass is 142 g/mol. The number of rotatable bonds is 2. The number of quaternary nitrogens is 1. The zero-order valence-electron chi connectivity index (χ0n) is 6.82. The Kier molecular flexibility index (Phi) is 3.16. The lowest BCUT2D eigenvalue weighted by atomic mass is 9.97. The van der Waals surface area contributed by atoms with Crippen molar-refractivity contribution in [2.45, 2.75) is 12.8 Å². The zero-order valence-corrected chi connectivity index (χ0v) is 6.82. The van der Waals surface area contributed by atoms with Crippen molar-refractivity contribution in [1.29, 1.82) is 0 Å². The van der Waals surface area contributed by atoms with Crippen molar-refractivity contribution < 1.29 is 4.90 Å². The van der Waals surface area contributed by atoms with Crippen molar-refractivity contribution in [3.05, 3.63) is 7.05 Å².